The molecule has 1 fully saturated rings. The molecular formula is C23H24F3N3O5. The van der Waals surface area contributed by atoms with Crippen LogP contribution < -0.4 is 14.8 Å². The highest BCUT2D eigenvalue weighted by Gasteiger charge is 2.50. The van der Waals surface area contributed by atoms with Crippen molar-refractivity contribution < 1.29 is 37.0 Å². The first-order valence-electron chi connectivity index (χ1n) is 10.7. The number of ether oxygens (including phenoxy) is 2. The fraction of sp³-hybridized carbons (Fsp3) is 0.435. The molecule has 8 nitrogen and oxygen atoms in total. The molecule has 1 saturated heterocycles. The van der Waals surface area contributed by atoms with E-state index in [4.69, 9.17) is 9.47 Å². The van der Waals surface area contributed by atoms with Gasteiger partial charge in [-0.1, -0.05) is 6.07 Å². The smallest absolute Gasteiger partial charge is 0.406 e. The molecule has 3 amide bonds. The third-order valence-corrected chi connectivity index (χ3v) is 6.11. The Morgan fingerprint density at radius 1 is 1.12 bits per heavy atom. The predicted molar refractivity (Wildman–Crippen MR) is 114 cm³/mol. The lowest BCUT2D eigenvalue weighted by molar-refractivity contribution is -0.141. The first-order valence-corrected chi connectivity index (χ1v) is 10.7. The van der Waals surface area contributed by atoms with Crippen LogP contribution in [0.1, 0.15) is 40.7 Å². The SMILES string of the molecule is Cc1cc(C(=O)CN2C(=O)N[C@@](C)(c3ccc4c(c3)OCCCO4)C2=O)c(C)n1CC(F)(F)F. The molecule has 2 aliphatic rings. The van der Waals surface area contributed by atoms with E-state index in [1.807, 2.05) is 0 Å². The average molecular weight is 479 g/mol. The van der Waals surface area contributed by atoms with E-state index in [-0.39, 0.29) is 17.0 Å². The van der Waals surface area contributed by atoms with Crippen molar-refractivity contribution in [1.82, 2.24) is 14.8 Å². The zero-order chi connectivity index (χ0) is 24.8. The normalized spacial score (nSPS) is 20.4. The Balaban J connectivity index is 1.56. The number of nitrogens with zero attached hydrogens (tertiary/aromatic N) is 2. The quantitative estimate of drug-likeness (QED) is 0.524. The second-order valence-electron chi connectivity index (χ2n) is 8.57. The van der Waals surface area contributed by atoms with E-state index in [0.717, 1.165) is 9.47 Å². The number of benzene rings is 1. The van der Waals surface area contributed by atoms with Crippen LogP contribution in [-0.4, -0.2) is 53.1 Å². The number of imide groups is 1. The number of alkyl halides is 3. The van der Waals surface area contributed by atoms with Gasteiger partial charge in [0.15, 0.2) is 17.3 Å². The summed E-state index contributed by atoms with van der Waals surface area (Å²) in [5.74, 6) is -0.301. The molecule has 2 aliphatic heterocycles. The first-order chi connectivity index (χ1) is 15.9. The minimum atomic E-state index is -4.45. The fourth-order valence-electron chi connectivity index (χ4n) is 4.25. The van der Waals surface area contributed by atoms with E-state index < -0.39 is 42.5 Å². The highest BCUT2D eigenvalue weighted by molar-refractivity contribution is 6.11. The molecule has 1 aromatic carbocycles. The summed E-state index contributed by atoms with van der Waals surface area (Å²) in [5, 5.41) is 2.62. The van der Waals surface area contributed by atoms with Crippen molar-refractivity contribution in [3.63, 3.8) is 0 Å². The van der Waals surface area contributed by atoms with Crippen molar-refractivity contribution in [2.24, 2.45) is 0 Å². The molecule has 0 unspecified atom stereocenters. The summed E-state index contributed by atoms with van der Waals surface area (Å²) < 4.78 is 50.9. The van der Waals surface area contributed by atoms with Gasteiger partial charge in [0.25, 0.3) is 5.91 Å². The Hall–Kier alpha value is -3.50. The molecule has 0 radical (unpaired) electrons. The Bertz CT molecular complexity index is 1170. The molecule has 2 aromatic rings. The zero-order valence-electron chi connectivity index (χ0n) is 18.9. The number of hydrogen-bond donors (Lipinski definition) is 1. The molecule has 0 aliphatic carbocycles. The summed E-state index contributed by atoms with van der Waals surface area (Å²) in [4.78, 5) is 39.6. The Morgan fingerprint density at radius 3 is 2.47 bits per heavy atom. The van der Waals surface area contributed by atoms with Crippen molar-refractivity contribution in [1.29, 1.82) is 0 Å². The van der Waals surface area contributed by atoms with E-state index in [1.165, 1.54) is 26.8 Å². The Morgan fingerprint density at radius 2 is 1.79 bits per heavy atom. The van der Waals surface area contributed by atoms with Gasteiger partial charge in [0.1, 0.15) is 12.1 Å². The van der Waals surface area contributed by atoms with Crippen LogP contribution in [0.5, 0.6) is 11.5 Å². The van der Waals surface area contributed by atoms with Crippen LogP contribution >= 0.6 is 0 Å². The maximum atomic E-state index is 13.2. The van der Waals surface area contributed by atoms with Crippen LogP contribution in [0.3, 0.4) is 0 Å². The zero-order valence-corrected chi connectivity index (χ0v) is 18.9. The number of urea groups is 1. The largest absolute Gasteiger partial charge is 0.490 e. The summed E-state index contributed by atoms with van der Waals surface area (Å²) >= 11 is 0. The van der Waals surface area contributed by atoms with Crippen molar-refractivity contribution in [3.8, 4) is 11.5 Å². The number of ketones is 1. The van der Waals surface area contributed by atoms with E-state index in [0.29, 0.717) is 36.7 Å². The minimum Gasteiger partial charge on any atom is -0.490 e. The number of halogens is 3. The van der Waals surface area contributed by atoms with Crippen LogP contribution in [-0.2, 0) is 16.9 Å². The lowest BCUT2D eigenvalue weighted by Gasteiger charge is -2.23. The first kappa shape index (κ1) is 23.7. The van der Waals surface area contributed by atoms with Gasteiger partial charge in [0, 0.05) is 23.4 Å². The molecule has 1 aromatic heterocycles. The van der Waals surface area contributed by atoms with Gasteiger partial charge in [0.05, 0.1) is 19.8 Å². The van der Waals surface area contributed by atoms with Crippen LogP contribution in [0.4, 0.5) is 18.0 Å². The molecule has 4 rings (SSSR count). The molecule has 0 saturated carbocycles. The number of amides is 3. The number of aryl methyl sites for hydroxylation is 1. The summed E-state index contributed by atoms with van der Waals surface area (Å²) in [6.07, 6.45) is -3.75. The van der Waals surface area contributed by atoms with E-state index in [9.17, 15) is 27.6 Å². The lowest BCUT2D eigenvalue weighted by atomic mass is 9.91. The van der Waals surface area contributed by atoms with Gasteiger partial charge in [-0.25, -0.2) is 4.79 Å². The molecule has 3 heterocycles. The number of rotatable bonds is 5. The van der Waals surface area contributed by atoms with Crippen LogP contribution in [0.2, 0.25) is 0 Å². The number of carbonyl (C=O) groups is 3. The summed E-state index contributed by atoms with van der Waals surface area (Å²) in [6, 6.07) is 5.49. The molecule has 182 valence electrons. The van der Waals surface area contributed by atoms with E-state index >= 15 is 0 Å². The summed E-state index contributed by atoms with van der Waals surface area (Å²) in [6.45, 7) is 3.50. The summed E-state index contributed by atoms with van der Waals surface area (Å²) in [5.41, 5.74) is -0.584. The minimum absolute atomic E-state index is 0.0338. The number of carbonyl (C=O) groups excluding carboxylic acids is 3. The second kappa shape index (κ2) is 8.37. The van der Waals surface area contributed by atoms with Crippen molar-refractivity contribution in [3.05, 3.63) is 46.8 Å². The molecule has 0 bridgehead atoms. The lowest BCUT2D eigenvalue weighted by Crippen LogP contribution is -2.41. The Labute approximate surface area is 193 Å². The van der Waals surface area contributed by atoms with Crippen molar-refractivity contribution >= 4 is 17.7 Å². The number of Topliss-reactive ketones (excluding diaryl/α,β-unsaturated/α-hetero) is 1. The maximum Gasteiger partial charge on any atom is 0.406 e. The molecule has 34 heavy (non-hydrogen) atoms. The molecule has 1 N–H and O–H groups in total. The molecule has 0 spiro atoms. The average Bonchev–Trinajstić information content (AvgIpc) is 3.04. The van der Waals surface area contributed by atoms with Gasteiger partial charge in [-0.3, -0.25) is 14.5 Å². The third-order valence-electron chi connectivity index (χ3n) is 6.11. The predicted octanol–water partition coefficient (Wildman–Crippen LogP) is 3.48. The number of aromatic nitrogens is 1. The van der Waals surface area contributed by atoms with Crippen molar-refractivity contribution in [2.75, 3.05) is 19.8 Å². The molecule has 11 heteroatoms. The van der Waals surface area contributed by atoms with Crippen LogP contribution in [0.25, 0.3) is 0 Å². The van der Waals surface area contributed by atoms with Gasteiger partial charge in [-0.15, -0.1) is 0 Å². The van der Waals surface area contributed by atoms with Gasteiger partial charge in [0.2, 0.25) is 0 Å². The van der Waals surface area contributed by atoms with Crippen LogP contribution in [0.15, 0.2) is 24.3 Å². The number of hydrogen-bond acceptors (Lipinski definition) is 5. The fourth-order valence-corrected chi connectivity index (χ4v) is 4.25. The molecule has 1 atom stereocenters. The van der Waals surface area contributed by atoms with Gasteiger partial charge < -0.3 is 19.4 Å². The third kappa shape index (κ3) is 4.22. The monoisotopic (exact) mass is 479 g/mol. The van der Waals surface area contributed by atoms with Gasteiger partial charge in [-0.2, -0.15) is 13.2 Å². The highest BCUT2D eigenvalue weighted by Crippen LogP contribution is 2.36. The van der Waals surface area contributed by atoms with Crippen molar-refractivity contribution in [2.45, 2.75) is 45.5 Å². The van der Waals surface area contributed by atoms with Crippen LogP contribution in [0, 0.1) is 13.8 Å². The Kier molecular flexibility index (Phi) is 5.82. The number of fused-ring (bicyclic) bond motifs is 1. The standard InChI is InChI=1S/C23H24F3N3O5/c1-13-9-16(14(2)29(13)12-23(24,25)26)17(30)11-28-20(31)22(3,27-21(28)32)15-5-6-18-19(10-15)34-8-4-7-33-18/h5-6,9-10H,4,7-8,11-12H2,1-3H3,(H,27,32)/t22-/m0/s1. The van der Waals surface area contributed by atoms with E-state index in [1.54, 1.807) is 18.2 Å². The van der Waals surface area contributed by atoms with Gasteiger partial charge >= 0.3 is 12.2 Å². The van der Waals surface area contributed by atoms with Gasteiger partial charge in [-0.05, 0) is 44.5 Å². The maximum absolute atomic E-state index is 13.2. The van der Waals surface area contributed by atoms with E-state index in [2.05, 4.69) is 5.32 Å². The second-order valence-corrected chi connectivity index (χ2v) is 8.57. The highest BCUT2D eigenvalue weighted by atomic mass is 19.4. The summed E-state index contributed by atoms with van der Waals surface area (Å²) in [7, 11) is 0. The number of nitrogens with one attached hydrogen (secondary N) is 1. The molecular weight excluding hydrogens is 455 g/mol. The topological polar surface area (TPSA) is 89.9 Å².